The van der Waals surface area contributed by atoms with Crippen molar-refractivity contribution in [2.45, 2.75) is 58.5 Å². The molecule has 0 bridgehead atoms. The molecular formula is C32H39Cl2N3O4S. The molecule has 0 heterocycles. The van der Waals surface area contributed by atoms with Crippen LogP contribution in [0.25, 0.3) is 0 Å². The number of anilines is 1. The Morgan fingerprint density at radius 3 is 2.31 bits per heavy atom. The fourth-order valence-electron chi connectivity index (χ4n) is 4.70. The van der Waals surface area contributed by atoms with E-state index in [0.717, 1.165) is 35.8 Å². The van der Waals surface area contributed by atoms with Gasteiger partial charge in [0.1, 0.15) is 6.04 Å². The van der Waals surface area contributed by atoms with E-state index in [1.54, 1.807) is 29.2 Å². The van der Waals surface area contributed by atoms with Gasteiger partial charge in [-0.15, -0.1) is 0 Å². The van der Waals surface area contributed by atoms with Crippen molar-refractivity contribution in [3.63, 3.8) is 0 Å². The minimum atomic E-state index is -3.64. The number of rotatable bonds is 15. The highest BCUT2D eigenvalue weighted by atomic mass is 35.5. The van der Waals surface area contributed by atoms with Gasteiger partial charge in [0.15, 0.2) is 0 Å². The Morgan fingerprint density at radius 1 is 0.952 bits per heavy atom. The van der Waals surface area contributed by atoms with Crippen LogP contribution < -0.4 is 9.62 Å². The molecule has 0 fully saturated rings. The number of benzene rings is 3. The Labute approximate surface area is 259 Å². The van der Waals surface area contributed by atoms with Gasteiger partial charge >= 0.3 is 0 Å². The van der Waals surface area contributed by atoms with Crippen LogP contribution in [0.2, 0.25) is 10.0 Å². The first-order valence-electron chi connectivity index (χ1n) is 14.1. The molecule has 42 heavy (non-hydrogen) atoms. The van der Waals surface area contributed by atoms with E-state index in [0.29, 0.717) is 28.7 Å². The van der Waals surface area contributed by atoms with Gasteiger partial charge in [0.2, 0.25) is 21.8 Å². The number of nitrogens with zero attached hydrogens (tertiary/aromatic N) is 2. The molecule has 0 saturated carbocycles. The van der Waals surface area contributed by atoms with Crippen molar-refractivity contribution in [3.8, 4) is 0 Å². The summed E-state index contributed by atoms with van der Waals surface area (Å²) in [6.45, 7) is 4.59. The predicted molar refractivity (Wildman–Crippen MR) is 171 cm³/mol. The number of sulfonamides is 1. The maximum Gasteiger partial charge on any atom is 0.243 e. The maximum atomic E-state index is 13.9. The highest BCUT2D eigenvalue weighted by Crippen LogP contribution is 2.27. The van der Waals surface area contributed by atoms with E-state index in [9.17, 15) is 18.0 Å². The third kappa shape index (κ3) is 9.75. The molecule has 0 spiro atoms. The van der Waals surface area contributed by atoms with Crippen LogP contribution in [0.3, 0.4) is 0 Å². The van der Waals surface area contributed by atoms with E-state index in [4.69, 9.17) is 23.2 Å². The van der Waals surface area contributed by atoms with Gasteiger partial charge in [-0.25, -0.2) is 8.42 Å². The Bertz CT molecular complexity index is 1450. The fraction of sp³-hybridized carbons (Fsp3) is 0.375. The van der Waals surface area contributed by atoms with Crippen LogP contribution >= 0.6 is 23.2 Å². The van der Waals surface area contributed by atoms with Crippen molar-refractivity contribution in [1.82, 2.24) is 10.2 Å². The van der Waals surface area contributed by atoms with Gasteiger partial charge < -0.3 is 10.2 Å². The zero-order chi connectivity index (χ0) is 30.7. The van der Waals surface area contributed by atoms with E-state index < -0.39 is 16.1 Å². The summed E-state index contributed by atoms with van der Waals surface area (Å²) in [5.41, 5.74) is 2.87. The fourth-order valence-corrected chi connectivity index (χ4v) is 6.08. The standard InChI is InChI=1S/C32H39Cl2N3O4S/c1-4-5-19-35-32(39)30(21-25-12-7-6-8-13-25)36(23-26-14-9-10-15-28(26)34)31(38)16-11-20-37(42(3,40)41)29-22-27(33)18-17-24(29)2/h6-10,12-15,17-18,22,30H,4-5,11,16,19-21,23H2,1-3H3,(H,35,39)/t30-/m1/s1. The molecule has 7 nitrogen and oxygen atoms in total. The van der Waals surface area contributed by atoms with Crippen molar-refractivity contribution >= 4 is 50.7 Å². The second-order valence-electron chi connectivity index (χ2n) is 10.3. The van der Waals surface area contributed by atoms with Crippen LogP contribution in [-0.2, 0) is 32.6 Å². The van der Waals surface area contributed by atoms with Crippen molar-refractivity contribution in [1.29, 1.82) is 0 Å². The number of aryl methyl sites for hydroxylation is 1. The lowest BCUT2D eigenvalue weighted by molar-refractivity contribution is -0.141. The zero-order valence-electron chi connectivity index (χ0n) is 24.4. The smallest absolute Gasteiger partial charge is 0.243 e. The first kappa shape index (κ1) is 33.4. The van der Waals surface area contributed by atoms with Crippen LogP contribution in [0.15, 0.2) is 72.8 Å². The molecule has 0 radical (unpaired) electrons. The normalized spacial score (nSPS) is 12.0. The predicted octanol–water partition coefficient (Wildman–Crippen LogP) is 6.40. The topological polar surface area (TPSA) is 86.8 Å². The third-order valence-corrected chi connectivity index (χ3v) is 8.77. The van der Waals surface area contributed by atoms with Crippen LogP contribution in [0.1, 0.15) is 49.3 Å². The average Bonchev–Trinajstić information content (AvgIpc) is 2.95. The van der Waals surface area contributed by atoms with Gasteiger partial charge in [0.25, 0.3) is 0 Å². The first-order valence-corrected chi connectivity index (χ1v) is 16.7. The number of hydrogen-bond acceptors (Lipinski definition) is 4. The molecule has 0 aliphatic heterocycles. The summed E-state index contributed by atoms with van der Waals surface area (Å²) in [6, 6.07) is 21.1. The summed E-state index contributed by atoms with van der Waals surface area (Å²) >= 11 is 12.7. The molecule has 3 aromatic rings. The van der Waals surface area contributed by atoms with E-state index >= 15 is 0 Å². The zero-order valence-corrected chi connectivity index (χ0v) is 26.7. The molecule has 2 amide bonds. The largest absolute Gasteiger partial charge is 0.354 e. The Morgan fingerprint density at radius 2 is 1.64 bits per heavy atom. The van der Waals surface area contributed by atoms with Gasteiger partial charge in [-0.05, 0) is 54.7 Å². The Kier molecular flexibility index (Phi) is 12.7. The lowest BCUT2D eigenvalue weighted by Gasteiger charge is -2.32. The Hall–Kier alpha value is -3.07. The lowest BCUT2D eigenvalue weighted by Crippen LogP contribution is -2.50. The molecule has 0 aliphatic carbocycles. The van der Waals surface area contributed by atoms with Crippen molar-refractivity contribution < 1.29 is 18.0 Å². The highest BCUT2D eigenvalue weighted by Gasteiger charge is 2.31. The van der Waals surface area contributed by atoms with Crippen LogP contribution in [0.5, 0.6) is 0 Å². The number of halogens is 2. The molecule has 3 aromatic carbocycles. The molecule has 3 rings (SSSR count). The molecule has 0 saturated heterocycles. The number of unbranched alkanes of at least 4 members (excludes halogenated alkanes) is 1. The number of hydrogen-bond donors (Lipinski definition) is 1. The van der Waals surface area contributed by atoms with Crippen molar-refractivity contribution in [2.75, 3.05) is 23.7 Å². The van der Waals surface area contributed by atoms with Gasteiger partial charge in [-0.2, -0.15) is 0 Å². The summed E-state index contributed by atoms with van der Waals surface area (Å²) in [4.78, 5) is 29.1. The number of carbonyl (C=O) groups excluding carboxylic acids is 2. The second-order valence-corrected chi connectivity index (χ2v) is 13.1. The quantitative estimate of drug-likeness (QED) is 0.197. The second kappa shape index (κ2) is 16.0. The third-order valence-electron chi connectivity index (χ3n) is 6.99. The molecule has 0 aliphatic rings. The summed E-state index contributed by atoms with van der Waals surface area (Å²) in [5.74, 6) is -0.502. The van der Waals surface area contributed by atoms with Gasteiger partial charge in [-0.1, -0.05) is 91.1 Å². The highest BCUT2D eigenvalue weighted by molar-refractivity contribution is 7.92. The molecule has 0 aromatic heterocycles. The summed E-state index contributed by atoms with van der Waals surface area (Å²) in [5, 5.41) is 3.92. The first-order chi connectivity index (χ1) is 20.0. The van der Waals surface area contributed by atoms with Gasteiger partial charge in [0, 0.05) is 42.5 Å². The van der Waals surface area contributed by atoms with Crippen LogP contribution in [0.4, 0.5) is 5.69 Å². The van der Waals surface area contributed by atoms with E-state index in [1.807, 2.05) is 62.4 Å². The molecule has 1 N–H and O–H groups in total. The average molecular weight is 633 g/mol. The molecule has 10 heteroatoms. The number of amides is 2. The number of carbonyl (C=O) groups is 2. The van der Waals surface area contributed by atoms with Gasteiger partial charge in [-0.3, -0.25) is 13.9 Å². The molecule has 0 unspecified atom stereocenters. The van der Waals surface area contributed by atoms with Crippen LogP contribution in [0, 0.1) is 6.92 Å². The molecular weight excluding hydrogens is 593 g/mol. The lowest BCUT2D eigenvalue weighted by atomic mass is 10.0. The van der Waals surface area contributed by atoms with Crippen molar-refractivity contribution in [3.05, 3.63) is 99.5 Å². The monoisotopic (exact) mass is 631 g/mol. The summed E-state index contributed by atoms with van der Waals surface area (Å²) in [7, 11) is -3.64. The Balaban J connectivity index is 1.90. The molecule has 1 atom stereocenters. The summed E-state index contributed by atoms with van der Waals surface area (Å²) < 4.78 is 26.7. The minimum absolute atomic E-state index is 0.0314. The van der Waals surface area contributed by atoms with Crippen molar-refractivity contribution in [2.24, 2.45) is 0 Å². The molecule has 226 valence electrons. The van der Waals surface area contributed by atoms with Crippen LogP contribution in [-0.4, -0.2) is 50.5 Å². The maximum absolute atomic E-state index is 13.9. The SMILES string of the molecule is CCCCNC(=O)[C@@H](Cc1ccccc1)N(Cc1ccccc1Cl)C(=O)CCCN(c1cc(Cl)ccc1C)S(C)(=O)=O. The van der Waals surface area contributed by atoms with E-state index in [2.05, 4.69) is 5.32 Å². The van der Waals surface area contributed by atoms with E-state index in [1.165, 1.54) is 4.31 Å². The summed E-state index contributed by atoms with van der Waals surface area (Å²) in [6.07, 6.45) is 3.49. The minimum Gasteiger partial charge on any atom is -0.354 e. The number of nitrogens with one attached hydrogen (secondary N) is 1. The van der Waals surface area contributed by atoms with E-state index in [-0.39, 0.29) is 37.7 Å². The van der Waals surface area contributed by atoms with Gasteiger partial charge in [0.05, 0.1) is 11.9 Å².